The number of hydrogen-bond acceptors (Lipinski definition) is 3. The molecule has 0 heterocycles. The largest absolute Gasteiger partial charge is 0.481 e. The number of carboxylic acids is 1. The number of unbranched alkanes of at least 4 members (excludes halogenated alkanes) is 1. The van der Waals surface area contributed by atoms with E-state index in [1.54, 1.807) is 0 Å². The maximum atomic E-state index is 11.8. The van der Waals surface area contributed by atoms with Crippen LogP contribution in [0.1, 0.15) is 105 Å². The molecule has 32 heavy (non-hydrogen) atoms. The molecule has 4 aliphatic rings. The van der Waals surface area contributed by atoms with Crippen molar-refractivity contribution in [3.63, 3.8) is 0 Å². The van der Waals surface area contributed by atoms with Crippen molar-refractivity contribution in [2.24, 2.45) is 52.3 Å². The van der Waals surface area contributed by atoms with Crippen molar-refractivity contribution in [2.45, 2.75) is 117 Å². The lowest BCUT2D eigenvalue weighted by atomic mass is 9.41. The Morgan fingerprint density at radius 3 is 2.34 bits per heavy atom. The lowest BCUT2D eigenvalue weighted by Crippen LogP contribution is -2.62. The summed E-state index contributed by atoms with van der Waals surface area (Å²) in [6, 6.07) is 0. The Bertz CT molecular complexity index is 678. The minimum absolute atomic E-state index is 0.183. The summed E-state index contributed by atoms with van der Waals surface area (Å²) in [4.78, 5) is 10.9. The molecular weight excluding hydrogens is 400 g/mol. The molecule has 0 aliphatic heterocycles. The molecule has 0 aromatic rings. The summed E-state index contributed by atoms with van der Waals surface area (Å²) in [5.74, 6) is 3.06. The molecule has 0 aromatic carbocycles. The van der Waals surface area contributed by atoms with Gasteiger partial charge in [0.15, 0.2) is 0 Å². The molecule has 11 atom stereocenters. The van der Waals surface area contributed by atoms with Crippen molar-refractivity contribution in [2.75, 3.05) is 0 Å². The highest BCUT2D eigenvalue weighted by atomic mass is 16.4. The highest BCUT2D eigenvalue weighted by Gasteiger charge is 2.64. The molecule has 4 unspecified atom stereocenters. The van der Waals surface area contributed by atoms with Crippen molar-refractivity contribution in [3.05, 3.63) is 0 Å². The third-order valence-electron chi connectivity index (χ3n) is 11.5. The summed E-state index contributed by atoms with van der Waals surface area (Å²) in [6.07, 6.45) is 11.8. The van der Waals surface area contributed by atoms with Crippen LogP contribution in [-0.4, -0.2) is 33.5 Å². The topological polar surface area (TPSA) is 77.8 Å². The van der Waals surface area contributed by atoms with Crippen LogP contribution in [0.2, 0.25) is 0 Å². The second-order valence-electron chi connectivity index (χ2n) is 12.7. The summed E-state index contributed by atoms with van der Waals surface area (Å²) in [6.45, 7) is 9.69. The molecule has 3 N–H and O–H groups in total. The van der Waals surface area contributed by atoms with E-state index >= 15 is 0 Å². The first-order valence-electron chi connectivity index (χ1n) is 13.7. The van der Waals surface area contributed by atoms with Gasteiger partial charge in [-0.1, -0.05) is 47.0 Å². The lowest BCUT2D eigenvalue weighted by Gasteiger charge is -2.64. The van der Waals surface area contributed by atoms with E-state index < -0.39 is 5.97 Å². The summed E-state index contributed by atoms with van der Waals surface area (Å²) in [5, 5.41) is 31.2. The fourth-order valence-electron chi connectivity index (χ4n) is 9.88. The number of aliphatic hydroxyl groups is 2. The van der Waals surface area contributed by atoms with E-state index in [9.17, 15) is 15.0 Å². The van der Waals surface area contributed by atoms with Crippen LogP contribution < -0.4 is 0 Å². The van der Waals surface area contributed by atoms with Gasteiger partial charge in [-0.05, 0) is 104 Å². The second kappa shape index (κ2) is 9.21. The number of aliphatic carboxylic acids is 1. The third kappa shape index (κ3) is 3.96. The van der Waals surface area contributed by atoms with Gasteiger partial charge in [0, 0.05) is 6.42 Å². The zero-order valence-corrected chi connectivity index (χ0v) is 20.9. The second-order valence-corrected chi connectivity index (χ2v) is 12.7. The first-order valence-corrected chi connectivity index (χ1v) is 13.7. The molecule has 4 nitrogen and oxygen atoms in total. The first-order chi connectivity index (χ1) is 15.1. The molecule has 0 radical (unpaired) electrons. The smallest absolute Gasteiger partial charge is 0.303 e. The zero-order chi connectivity index (χ0) is 23.3. The van der Waals surface area contributed by atoms with Crippen molar-refractivity contribution in [3.8, 4) is 0 Å². The molecule has 0 bridgehead atoms. The number of rotatable bonds is 7. The van der Waals surface area contributed by atoms with E-state index in [4.69, 9.17) is 5.11 Å². The Labute approximate surface area is 195 Å². The van der Waals surface area contributed by atoms with Gasteiger partial charge >= 0.3 is 5.97 Å². The Morgan fingerprint density at radius 2 is 1.66 bits per heavy atom. The minimum atomic E-state index is -0.678. The van der Waals surface area contributed by atoms with E-state index in [0.29, 0.717) is 53.3 Å². The molecule has 0 saturated heterocycles. The molecule has 4 fully saturated rings. The molecule has 0 spiro atoms. The minimum Gasteiger partial charge on any atom is -0.481 e. The van der Waals surface area contributed by atoms with Gasteiger partial charge in [-0.2, -0.15) is 0 Å². The molecule has 4 saturated carbocycles. The van der Waals surface area contributed by atoms with Crippen LogP contribution in [0.4, 0.5) is 0 Å². The van der Waals surface area contributed by atoms with E-state index in [-0.39, 0.29) is 17.6 Å². The molecule has 0 amide bonds. The monoisotopic (exact) mass is 448 g/mol. The quantitative estimate of drug-likeness (QED) is 0.424. The van der Waals surface area contributed by atoms with Crippen LogP contribution in [0, 0.1) is 52.3 Å². The summed E-state index contributed by atoms with van der Waals surface area (Å²) in [5.41, 5.74) is 0.579. The van der Waals surface area contributed by atoms with Crippen LogP contribution in [0.3, 0.4) is 0 Å². The number of carboxylic acid groups (broad SMARTS) is 1. The average Bonchev–Trinajstić information content (AvgIpc) is 3.09. The summed E-state index contributed by atoms with van der Waals surface area (Å²) < 4.78 is 0. The Morgan fingerprint density at radius 1 is 0.969 bits per heavy atom. The van der Waals surface area contributed by atoms with Gasteiger partial charge in [-0.25, -0.2) is 0 Å². The van der Waals surface area contributed by atoms with Gasteiger partial charge in [-0.3, -0.25) is 4.79 Å². The standard InChI is InChI=1S/C28H48O4/c1-5-19-23-16-18(29)12-14-28(23,4)22-13-15-27(3)20(10-11-21(27)25(22)26(19)32)17(2)8-6-7-9-24(30)31/h17-23,25-26,29,32H,5-16H2,1-4H3,(H,30,31)/t17-,18-,19-,20-,21?,22?,23+,25?,26-,27?,28-/m1/s1. The number of carbonyl (C=O) groups is 1. The van der Waals surface area contributed by atoms with Gasteiger partial charge in [-0.15, -0.1) is 0 Å². The third-order valence-corrected chi connectivity index (χ3v) is 11.5. The SMILES string of the molecule is CC[C@H]1[C@@H](O)C2C3CC[C@H]([C@H](C)CCCCC(=O)O)C3(C)CCC2[C@@]2(C)CC[C@@H](O)C[C@@H]12. The van der Waals surface area contributed by atoms with Crippen LogP contribution in [0.15, 0.2) is 0 Å². The average molecular weight is 449 g/mol. The van der Waals surface area contributed by atoms with Gasteiger partial charge in [0.05, 0.1) is 12.2 Å². The van der Waals surface area contributed by atoms with Gasteiger partial charge in [0.1, 0.15) is 0 Å². The van der Waals surface area contributed by atoms with E-state index in [1.807, 2.05) is 0 Å². The molecule has 4 aliphatic carbocycles. The zero-order valence-electron chi connectivity index (χ0n) is 20.9. The maximum absolute atomic E-state index is 11.8. The first kappa shape index (κ1) is 24.5. The molecule has 4 heteroatoms. The Balaban J connectivity index is 1.53. The molecule has 184 valence electrons. The molecular formula is C28H48O4. The van der Waals surface area contributed by atoms with Gasteiger partial charge < -0.3 is 15.3 Å². The van der Waals surface area contributed by atoms with Crippen LogP contribution >= 0.6 is 0 Å². The fraction of sp³-hybridized carbons (Fsp3) is 0.964. The van der Waals surface area contributed by atoms with Crippen molar-refractivity contribution in [1.29, 1.82) is 0 Å². The highest BCUT2D eigenvalue weighted by Crippen LogP contribution is 2.69. The summed E-state index contributed by atoms with van der Waals surface area (Å²) >= 11 is 0. The lowest BCUT2D eigenvalue weighted by molar-refractivity contribution is -0.203. The van der Waals surface area contributed by atoms with Crippen molar-refractivity contribution in [1.82, 2.24) is 0 Å². The van der Waals surface area contributed by atoms with Crippen LogP contribution in [-0.2, 0) is 4.79 Å². The van der Waals surface area contributed by atoms with E-state index in [2.05, 4.69) is 27.7 Å². The molecule has 4 rings (SSSR count). The summed E-state index contributed by atoms with van der Waals surface area (Å²) in [7, 11) is 0. The molecule has 0 aromatic heterocycles. The van der Waals surface area contributed by atoms with Crippen molar-refractivity contribution < 1.29 is 20.1 Å². The predicted octanol–water partition coefficient (Wildman–Crippen LogP) is 5.89. The van der Waals surface area contributed by atoms with Gasteiger partial charge in [0.25, 0.3) is 0 Å². The van der Waals surface area contributed by atoms with E-state index in [0.717, 1.165) is 44.9 Å². The Hall–Kier alpha value is -0.610. The Kier molecular flexibility index (Phi) is 7.05. The van der Waals surface area contributed by atoms with Crippen molar-refractivity contribution >= 4 is 5.97 Å². The normalized spacial score (nSPS) is 49.1. The number of fused-ring (bicyclic) bond motifs is 5. The fourth-order valence-corrected chi connectivity index (χ4v) is 9.88. The van der Waals surface area contributed by atoms with Gasteiger partial charge in [0.2, 0.25) is 0 Å². The number of hydrogen-bond donors (Lipinski definition) is 3. The predicted molar refractivity (Wildman–Crippen MR) is 127 cm³/mol. The van der Waals surface area contributed by atoms with E-state index in [1.165, 1.54) is 25.7 Å². The van der Waals surface area contributed by atoms with Crippen LogP contribution in [0.5, 0.6) is 0 Å². The highest BCUT2D eigenvalue weighted by molar-refractivity contribution is 5.66. The number of aliphatic hydroxyl groups excluding tert-OH is 2. The maximum Gasteiger partial charge on any atom is 0.303 e. The van der Waals surface area contributed by atoms with Crippen LogP contribution in [0.25, 0.3) is 0 Å².